The van der Waals surface area contributed by atoms with E-state index in [1.54, 1.807) is 0 Å². The third kappa shape index (κ3) is 3.96. The molecule has 1 aromatic rings. The zero-order chi connectivity index (χ0) is 13.7. The molecule has 0 spiro atoms. The maximum atomic E-state index is 10.6. The maximum absolute atomic E-state index is 10.6. The molecular formula is C15H23N2O2+. The van der Waals surface area contributed by atoms with Gasteiger partial charge >= 0.3 is 0 Å². The Kier molecular flexibility index (Phi) is 4.80. The van der Waals surface area contributed by atoms with E-state index in [0.717, 1.165) is 51.5 Å². The van der Waals surface area contributed by atoms with Gasteiger partial charge in [0, 0.05) is 0 Å². The van der Waals surface area contributed by atoms with E-state index < -0.39 is 0 Å². The van der Waals surface area contributed by atoms with Gasteiger partial charge in [-0.05, 0) is 25.5 Å². The lowest BCUT2D eigenvalue weighted by Crippen LogP contribution is -3.15. The summed E-state index contributed by atoms with van der Waals surface area (Å²) in [6.07, 6.45) is 0.947. The molecule has 0 atom stereocenters. The number of aryl methyl sites for hydroxylation is 2. The number of benzene rings is 1. The van der Waals surface area contributed by atoms with Crippen LogP contribution in [0.2, 0.25) is 0 Å². The van der Waals surface area contributed by atoms with Crippen LogP contribution in [0.4, 0.5) is 0 Å². The van der Waals surface area contributed by atoms with Gasteiger partial charge < -0.3 is 14.5 Å². The van der Waals surface area contributed by atoms with E-state index >= 15 is 0 Å². The van der Waals surface area contributed by atoms with E-state index in [0.29, 0.717) is 0 Å². The summed E-state index contributed by atoms with van der Waals surface area (Å²) in [7, 11) is 0. The first kappa shape index (κ1) is 13.9. The monoisotopic (exact) mass is 263 g/mol. The lowest BCUT2D eigenvalue weighted by Gasteiger charge is -2.29. The summed E-state index contributed by atoms with van der Waals surface area (Å²) in [6, 6.07) is 6.27. The molecule has 1 N–H and O–H groups in total. The highest BCUT2D eigenvalue weighted by atomic mass is 16.5. The fourth-order valence-electron chi connectivity index (χ4n) is 2.46. The molecule has 2 rings (SSSR count). The van der Waals surface area contributed by atoms with Crippen molar-refractivity contribution in [1.82, 2.24) is 4.90 Å². The van der Waals surface area contributed by atoms with E-state index in [4.69, 9.17) is 4.74 Å². The Hall–Kier alpha value is -1.55. The lowest BCUT2D eigenvalue weighted by molar-refractivity contribution is -0.903. The molecule has 1 saturated heterocycles. The normalized spacial score (nSPS) is 16.4. The standard InChI is InChI=1S/C15H22N2O2/c1-13-3-4-15(14(2)11-13)19-10-9-16-5-7-17(12-18)8-6-16/h3-4,11-12H,5-10H2,1-2H3/p+1. The smallest absolute Gasteiger partial charge is 0.210 e. The fraction of sp³-hybridized carbons (Fsp3) is 0.533. The van der Waals surface area contributed by atoms with Crippen LogP contribution in [0.25, 0.3) is 0 Å². The first-order valence-electron chi connectivity index (χ1n) is 6.92. The number of amides is 1. The Balaban J connectivity index is 1.73. The number of rotatable bonds is 5. The Labute approximate surface area is 115 Å². The molecule has 1 aliphatic heterocycles. The minimum atomic E-state index is 0.736. The topological polar surface area (TPSA) is 34.0 Å². The molecule has 4 heteroatoms. The molecule has 1 heterocycles. The van der Waals surface area contributed by atoms with Crippen LogP contribution in [0, 0.1) is 13.8 Å². The average molecular weight is 263 g/mol. The van der Waals surface area contributed by atoms with Crippen LogP contribution >= 0.6 is 0 Å². The second-order valence-electron chi connectivity index (χ2n) is 5.26. The predicted molar refractivity (Wildman–Crippen MR) is 74.6 cm³/mol. The van der Waals surface area contributed by atoms with Crippen LogP contribution in [0.15, 0.2) is 18.2 Å². The van der Waals surface area contributed by atoms with E-state index in [1.807, 2.05) is 11.0 Å². The Morgan fingerprint density at radius 3 is 2.68 bits per heavy atom. The Bertz CT molecular complexity index is 426. The summed E-state index contributed by atoms with van der Waals surface area (Å²) < 4.78 is 5.84. The molecule has 0 aromatic heterocycles. The van der Waals surface area contributed by atoms with Crippen molar-refractivity contribution >= 4 is 6.41 Å². The molecule has 19 heavy (non-hydrogen) atoms. The van der Waals surface area contributed by atoms with Gasteiger partial charge in [-0.1, -0.05) is 17.7 Å². The molecule has 1 aromatic carbocycles. The van der Waals surface area contributed by atoms with E-state index in [-0.39, 0.29) is 0 Å². The molecule has 104 valence electrons. The number of hydrogen-bond donors (Lipinski definition) is 1. The third-order valence-corrected chi connectivity index (χ3v) is 3.70. The summed E-state index contributed by atoms with van der Waals surface area (Å²) in [5, 5.41) is 0. The number of piperazine rings is 1. The zero-order valence-electron chi connectivity index (χ0n) is 11.8. The van der Waals surface area contributed by atoms with Crippen molar-refractivity contribution in [3.05, 3.63) is 29.3 Å². The van der Waals surface area contributed by atoms with Crippen molar-refractivity contribution in [2.24, 2.45) is 0 Å². The van der Waals surface area contributed by atoms with Gasteiger partial charge in [0.15, 0.2) is 0 Å². The third-order valence-electron chi connectivity index (χ3n) is 3.70. The molecule has 1 amide bonds. The van der Waals surface area contributed by atoms with Gasteiger partial charge in [-0.2, -0.15) is 0 Å². The maximum Gasteiger partial charge on any atom is 0.210 e. The van der Waals surface area contributed by atoms with Crippen molar-refractivity contribution < 1.29 is 14.4 Å². The van der Waals surface area contributed by atoms with Gasteiger partial charge in [-0.25, -0.2) is 0 Å². The first-order valence-corrected chi connectivity index (χ1v) is 6.92. The molecule has 1 aliphatic rings. The van der Waals surface area contributed by atoms with E-state index in [2.05, 4.69) is 26.0 Å². The number of nitrogens with one attached hydrogen (secondary N) is 1. The van der Waals surface area contributed by atoms with Crippen LogP contribution in [0.1, 0.15) is 11.1 Å². The van der Waals surface area contributed by atoms with Crippen LogP contribution in [0.3, 0.4) is 0 Å². The second kappa shape index (κ2) is 6.57. The van der Waals surface area contributed by atoms with Crippen LogP contribution in [0.5, 0.6) is 5.75 Å². The molecule has 0 bridgehead atoms. The van der Waals surface area contributed by atoms with Gasteiger partial charge in [-0.3, -0.25) is 4.79 Å². The Morgan fingerprint density at radius 1 is 1.32 bits per heavy atom. The summed E-state index contributed by atoms with van der Waals surface area (Å²) in [5.41, 5.74) is 2.46. The van der Waals surface area contributed by atoms with Crippen LogP contribution in [-0.2, 0) is 4.79 Å². The molecule has 4 nitrogen and oxygen atoms in total. The van der Waals surface area contributed by atoms with Gasteiger partial charge in [0.25, 0.3) is 0 Å². The number of carbonyl (C=O) groups is 1. The van der Waals surface area contributed by atoms with Crippen molar-refractivity contribution in [3.8, 4) is 5.75 Å². The Morgan fingerprint density at radius 2 is 2.05 bits per heavy atom. The largest absolute Gasteiger partial charge is 0.487 e. The minimum absolute atomic E-state index is 0.736. The SMILES string of the molecule is Cc1ccc(OCC[NH+]2CCN(C=O)CC2)c(C)c1. The summed E-state index contributed by atoms with van der Waals surface area (Å²) in [4.78, 5) is 14.0. The molecule has 0 unspecified atom stereocenters. The number of quaternary nitrogens is 1. The van der Waals surface area contributed by atoms with Crippen LogP contribution < -0.4 is 9.64 Å². The predicted octanol–water partition coefficient (Wildman–Crippen LogP) is 0.0391. The van der Waals surface area contributed by atoms with Gasteiger partial charge in [0.1, 0.15) is 18.9 Å². The fourth-order valence-corrected chi connectivity index (χ4v) is 2.46. The quantitative estimate of drug-likeness (QED) is 0.761. The average Bonchev–Trinajstić information content (AvgIpc) is 2.42. The minimum Gasteiger partial charge on any atom is -0.487 e. The molecule has 0 saturated carbocycles. The second-order valence-corrected chi connectivity index (χ2v) is 5.26. The van der Waals surface area contributed by atoms with Gasteiger partial charge in [-0.15, -0.1) is 0 Å². The first-order chi connectivity index (χ1) is 9.19. The van der Waals surface area contributed by atoms with Crippen LogP contribution in [-0.4, -0.2) is 50.6 Å². The van der Waals surface area contributed by atoms with E-state index in [9.17, 15) is 4.79 Å². The van der Waals surface area contributed by atoms with Crippen molar-refractivity contribution in [2.45, 2.75) is 13.8 Å². The summed E-state index contributed by atoms with van der Waals surface area (Å²) in [5.74, 6) is 0.983. The summed E-state index contributed by atoms with van der Waals surface area (Å²) >= 11 is 0. The van der Waals surface area contributed by atoms with Gasteiger partial charge in [0.2, 0.25) is 6.41 Å². The lowest BCUT2D eigenvalue weighted by atomic mass is 10.1. The van der Waals surface area contributed by atoms with E-state index in [1.165, 1.54) is 16.0 Å². The number of carbonyl (C=O) groups excluding carboxylic acids is 1. The molecule has 0 radical (unpaired) electrons. The van der Waals surface area contributed by atoms with Crippen molar-refractivity contribution in [1.29, 1.82) is 0 Å². The number of nitrogens with zero attached hydrogens (tertiary/aromatic N) is 1. The molecule has 0 aliphatic carbocycles. The van der Waals surface area contributed by atoms with Gasteiger partial charge in [0.05, 0.1) is 26.2 Å². The highest BCUT2D eigenvalue weighted by Gasteiger charge is 2.18. The zero-order valence-corrected chi connectivity index (χ0v) is 11.8. The van der Waals surface area contributed by atoms with Crippen molar-refractivity contribution in [2.75, 3.05) is 39.3 Å². The summed E-state index contributed by atoms with van der Waals surface area (Å²) in [6.45, 7) is 9.68. The molecular weight excluding hydrogens is 240 g/mol. The highest BCUT2D eigenvalue weighted by molar-refractivity contribution is 5.46. The molecule has 1 fully saturated rings. The highest BCUT2D eigenvalue weighted by Crippen LogP contribution is 2.18. The van der Waals surface area contributed by atoms with Crippen molar-refractivity contribution in [3.63, 3.8) is 0 Å². The number of hydrogen-bond acceptors (Lipinski definition) is 2. The number of ether oxygens (including phenoxy) is 1.